The van der Waals surface area contributed by atoms with Gasteiger partial charge in [-0.3, -0.25) is 4.90 Å². The van der Waals surface area contributed by atoms with Gasteiger partial charge < -0.3 is 15.5 Å². The van der Waals surface area contributed by atoms with Crippen molar-refractivity contribution in [1.82, 2.24) is 10.2 Å². The third kappa shape index (κ3) is 4.82. The standard InChI is InChI=1S/C21H24F2N4O2/c1-3-24-20(28)25-18-11-14(2)5-8-19(18)27-10-4-9-26(21(27)29)13-15-12-16(22)6-7-17(15)23/h5-8,11-12H,3-4,9-10,13H2,1-2H3,(H2,24,25,28). The minimum atomic E-state index is -0.551. The lowest BCUT2D eigenvalue weighted by atomic mass is 10.1. The van der Waals surface area contributed by atoms with Gasteiger partial charge in [-0.2, -0.15) is 0 Å². The van der Waals surface area contributed by atoms with E-state index in [4.69, 9.17) is 0 Å². The van der Waals surface area contributed by atoms with Crippen molar-refractivity contribution in [3.63, 3.8) is 0 Å². The van der Waals surface area contributed by atoms with Crippen LogP contribution < -0.4 is 15.5 Å². The third-order valence-corrected chi connectivity index (χ3v) is 4.71. The van der Waals surface area contributed by atoms with Gasteiger partial charge in [-0.25, -0.2) is 18.4 Å². The number of hydrogen-bond acceptors (Lipinski definition) is 2. The predicted octanol–water partition coefficient (Wildman–Crippen LogP) is 4.25. The van der Waals surface area contributed by atoms with E-state index >= 15 is 0 Å². The first-order valence-electron chi connectivity index (χ1n) is 9.55. The maximum absolute atomic E-state index is 14.0. The molecule has 4 amide bonds. The number of halogens is 2. The maximum Gasteiger partial charge on any atom is 0.324 e. The van der Waals surface area contributed by atoms with Gasteiger partial charge in [-0.15, -0.1) is 0 Å². The van der Waals surface area contributed by atoms with E-state index in [1.54, 1.807) is 17.0 Å². The summed E-state index contributed by atoms with van der Waals surface area (Å²) in [4.78, 5) is 28.1. The largest absolute Gasteiger partial charge is 0.338 e. The number of urea groups is 2. The van der Waals surface area contributed by atoms with Crippen molar-refractivity contribution in [3.05, 3.63) is 59.2 Å². The molecule has 1 aliphatic rings. The summed E-state index contributed by atoms with van der Waals surface area (Å²) in [6.07, 6.45) is 0.664. The Morgan fingerprint density at radius 2 is 1.93 bits per heavy atom. The molecule has 8 heteroatoms. The Morgan fingerprint density at radius 1 is 1.14 bits per heavy atom. The molecule has 0 atom stereocenters. The minimum Gasteiger partial charge on any atom is -0.338 e. The predicted molar refractivity (Wildman–Crippen MR) is 108 cm³/mol. The zero-order valence-corrected chi connectivity index (χ0v) is 16.5. The van der Waals surface area contributed by atoms with E-state index in [1.807, 2.05) is 19.9 Å². The van der Waals surface area contributed by atoms with Crippen LogP contribution in [0.15, 0.2) is 36.4 Å². The van der Waals surface area contributed by atoms with Crippen molar-refractivity contribution in [1.29, 1.82) is 0 Å². The van der Waals surface area contributed by atoms with Crippen molar-refractivity contribution < 1.29 is 18.4 Å². The van der Waals surface area contributed by atoms with Gasteiger partial charge in [-0.05, 0) is 56.2 Å². The quantitative estimate of drug-likeness (QED) is 0.785. The molecule has 0 spiro atoms. The molecule has 154 valence electrons. The van der Waals surface area contributed by atoms with Crippen molar-refractivity contribution in [2.75, 3.05) is 29.9 Å². The summed E-state index contributed by atoms with van der Waals surface area (Å²) in [6.45, 7) is 5.06. The monoisotopic (exact) mass is 402 g/mol. The molecule has 0 aromatic heterocycles. The molecular formula is C21H24F2N4O2. The molecule has 29 heavy (non-hydrogen) atoms. The van der Waals surface area contributed by atoms with Gasteiger partial charge in [0.15, 0.2) is 0 Å². The van der Waals surface area contributed by atoms with E-state index in [-0.39, 0.29) is 24.2 Å². The topological polar surface area (TPSA) is 64.7 Å². The molecule has 2 aromatic rings. The molecule has 0 bridgehead atoms. The second-order valence-electron chi connectivity index (χ2n) is 6.95. The lowest BCUT2D eigenvalue weighted by Crippen LogP contribution is -2.49. The average molecular weight is 402 g/mol. The normalized spacial score (nSPS) is 14.1. The van der Waals surface area contributed by atoms with Gasteiger partial charge in [0.25, 0.3) is 0 Å². The Kier molecular flexibility index (Phi) is 6.31. The van der Waals surface area contributed by atoms with Crippen LogP contribution in [0.25, 0.3) is 0 Å². The Hall–Kier alpha value is -3.16. The highest BCUT2D eigenvalue weighted by Crippen LogP contribution is 2.30. The fraction of sp³-hybridized carbons (Fsp3) is 0.333. The zero-order valence-electron chi connectivity index (χ0n) is 16.5. The lowest BCUT2D eigenvalue weighted by Gasteiger charge is -2.36. The van der Waals surface area contributed by atoms with Crippen LogP contribution in [0.1, 0.15) is 24.5 Å². The number of rotatable bonds is 5. The van der Waals surface area contributed by atoms with Gasteiger partial charge in [-0.1, -0.05) is 6.07 Å². The maximum atomic E-state index is 14.0. The van der Waals surface area contributed by atoms with Crippen LogP contribution >= 0.6 is 0 Å². The number of nitrogens with zero attached hydrogens (tertiary/aromatic N) is 2. The fourth-order valence-electron chi connectivity index (χ4n) is 3.33. The molecule has 6 nitrogen and oxygen atoms in total. The number of carbonyl (C=O) groups excluding carboxylic acids is 2. The summed E-state index contributed by atoms with van der Waals surface area (Å²) in [5.41, 5.74) is 2.15. The number of nitrogens with one attached hydrogen (secondary N) is 2. The van der Waals surface area contributed by atoms with Crippen molar-refractivity contribution in [3.8, 4) is 0 Å². The van der Waals surface area contributed by atoms with E-state index in [2.05, 4.69) is 10.6 Å². The average Bonchev–Trinajstić information content (AvgIpc) is 2.67. The molecule has 2 N–H and O–H groups in total. The smallest absolute Gasteiger partial charge is 0.324 e. The molecule has 3 rings (SSSR count). The van der Waals surface area contributed by atoms with E-state index in [9.17, 15) is 18.4 Å². The van der Waals surface area contributed by atoms with E-state index in [0.717, 1.165) is 23.8 Å². The molecule has 1 heterocycles. The number of carbonyl (C=O) groups is 2. The zero-order chi connectivity index (χ0) is 21.0. The van der Waals surface area contributed by atoms with E-state index in [0.29, 0.717) is 37.4 Å². The van der Waals surface area contributed by atoms with Crippen molar-refractivity contribution in [2.24, 2.45) is 0 Å². The summed E-state index contributed by atoms with van der Waals surface area (Å²) in [7, 11) is 0. The van der Waals surface area contributed by atoms with Gasteiger partial charge >= 0.3 is 12.1 Å². The Balaban J connectivity index is 1.85. The first-order valence-corrected chi connectivity index (χ1v) is 9.55. The molecule has 1 fully saturated rings. The lowest BCUT2D eigenvalue weighted by molar-refractivity contribution is 0.191. The van der Waals surface area contributed by atoms with Gasteiger partial charge in [0.05, 0.1) is 17.9 Å². The first-order chi connectivity index (χ1) is 13.9. The number of amides is 4. The Bertz CT molecular complexity index is 920. The summed E-state index contributed by atoms with van der Waals surface area (Å²) < 4.78 is 27.5. The molecule has 1 aliphatic heterocycles. The van der Waals surface area contributed by atoms with Crippen LogP contribution in [0.4, 0.5) is 29.7 Å². The van der Waals surface area contributed by atoms with Gasteiger partial charge in [0, 0.05) is 25.2 Å². The summed E-state index contributed by atoms with van der Waals surface area (Å²) in [6, 6.07) is 7.97. The van der Waals surface area contributed by atoms with Crippen LogP contribution in [0, 0.1) is 18.6 Å². The molecule has 0 saturated carbocycles. The second kappa shape index (κ2) is 8.89. The van der Waals surface area contributed by atoms with Crippen molar-refractivity contribution in [2.45, 2.75) is 26.8 Å². The third-order valence-electron chi connectivity index (χ3n) is 4.71. The number of benzene rings is 2. The fourth-order valence-corrected chi connectivity index (χ4v) is 3.33. The van der Waals surface area contributed by atoms with Crippen LogP contribution in [0.3, 0.4) is 0 Å². The second-order valence-corrected chi connectivity index (χ2v) is 6.95. The van der Waals surface area contributed by atoms with Crippen LogP contribution in [-0.4, -0.2) is 36.6 Å². The molecule has 0 unspecified atom stereocenters. The highest BCUT2D eigenvalue weighted by molar-refractivity contribution is 6.00. The van der Waals surface area contributed by atoms with E-state index < -0.39 is 11.6 Å². The van der Waals surface area contributed by atoms with Crippen LogP contribution in [0.5, 0.6) is 0 Å². The number of hydrogen-bond donors (Lipinski definition) is 2. The summed E-state index contributed by atoms with van der Waals surface area (Å²) >= 11 is 0. The first kappa shape index (κ1) is 20.6. The van der Waals surface area contributed by atoms with Crippen LogP contribution in [-0.2, 0) is 6.54 Å². The molecule has 0 radical (unpaired) electrons. The molecular weight excluding hydrogens is 378 g/mol. The number of aryl methyl sites for hydroxylation is 1. The SMILES string of the molecule is CCNC(=O)Nc1cc(C)ccc1N1CCCN(Cc2cc(F)ccc2F)C1=O. The summed E-state index contributed by atoms with van der Waals surface area (Å²) in [5, 5.41) is 5.45. The van der Waals surface area contributed by atoms with Gasteiger partial charge in [0.2, 0.25) is 0 Å². The van der Waals surface area contributed by atoms with E-state index in [1.165, 1.54) is 4.90 Å². The number of anilines is 2. The molecule has 2 aromatic carbocycles. The van der Waals surface area contributed by atoms with Gasteiger partial charge in [0.1, 0.15) is 11.6 Å². The highest BCUT2D eigenvalue weighted by atomic mass is 19.1. The highest BCUT2D eigenvalue weighted by Gasteiger charge is 2.29. The van der Waals surface area contributed by atoms with Crippen molar-refractivity contribution >= 4 is 23.4 Å². The molecule has 1 saturated heterocycles. The minimum absolute atomic E-state index is 0.0239. The Labute approximate surface area is 168 Å². The summed E-state index contributed by atoms with van der Waals surface area (Å²) in [5.74, 6) is -1.10. The molecule has 0 aliphatic carbocycles. The Morgan fingerprint density at radius 3 is 2.69 bits per heavy atom. The van der Waals surface area contributed by atoms with Crippen LogP contribution in [0.2, 0.25) is 0 Å².